The van der Waals surface area contributed by atoms with Crippen molar-refractivity contribution in [3.8, 4) is 0 Å². The Bertz CT molecular complexity index is 795. The first-order valence-electron chi connectivity index (χ1n) is 9.03. The van der Waals surface area contributed by atoms with Crippen LogP contribution in [0.15, 0.2) is 48.5 Å². The standard InChI is InChI=1S/C21H25N3O2.ClH/c1-14-8-9-17(21(26)24-19-13-22-11-10-15(19)2)12-18(14)23-20(25)16-6-4-3-5-7-16;/h3-9,12,15,19,22H,10-11,13H2,1-2H3,(H,23,25)(H,24,26);1H. The van der Waals surface area contributed by atoms with Gasteiger partial charge in [0.15, 0.2) is 0 Å². The lowest BCUT2D eigenvalue weighted by Gasteiger charge is -2.30. The first-order valence-corrected chi connectivity index (χ1v) is 9.03. The van der Waals surface area contributed by atoms with Crippen LogP contribution in [0.4, 0.5) is 5.69 Å². The zero-order chi connectivity index (χ0) is 18.5. The van der Waals surface area contributed by atoms with Crippen LogP contribution >= 0.6 is 12.4 Å². The summed E-state index contributed by atoms with van der Waals surface area (Å²) in [5.74, 6) is 0.153. The third-order valence-electron chi connectivity index (χ3n) is 4.93. The van der Waals surface area contributed by atoms with Gasteiger partial charge >= 0.3 is 0 Å². The van der Waals surface area contributed by atoms with E-state index in [4.69, 9.17) is 0 Å². The summed E-state index contributed by atoms with van der Waals surface area (Å²) in [6.07, 6.45) is 1.05. The Morgan fingerprint density at radius 3 is 2.48 bits per heavy atom. The van der Waals surface area contributed by atoms with Gasteiger partial charge in [0.25, 0.3) is 11.8 Å². The fraction of sp³-hybridized carbons (Fsp3) is 0.333. The SMILES string of the molecule is Cc1ccc(C(=O)NC2CNCCC2C)cc1NC(=O)c1ccccc1.Cl. The lowest BCUT2D eigenvalue weighted by Crippen LogP contribution is -2.50. The van der Waals surface area contributed by atoms with E-state index in [0.29, 0.717) is 22.7 Å². The molecule has 2 amide bonds. The van der Waals surface area contributed by atoms with Crippen LogP contribution in [-0.2, 0) is 0 Å². The molecule has 0 aliphatic carbocycles. The van der Waals surface area contributed by atoms with E-state index in [0.717, 1.165) is 25.1 Å². The first-order chi connectivity index (χ1) is 12.5. The maximum Gasteiger partial charge on any atom is 0.255 e. The molecule has 0 spiro atoms. The van der Waals surface area contributed by atoms with Gasteiger partial charge in [0.1, 0.15) is 0 Å². The molecule has 0 radical (unpaired) electrons. The van der Waals surface area contributed by atoms with E-state index in [1.54, 1.807) is 24.3 Å². The van der Waals surface area contributed by atoms with Gasteiger partial charge in [-0.2, -0.15) is 0 Å². The zero-order valence-electron chi connectivity index (χ0n) is 15.6. The molecule has 0 saturated carbocycles. The minimum Gasteiger partial charge on any atom is -0.348 e. The number of nitrogens with one attached hydrogen (secondary N) is 3. The van der Waals surface area contributed by atoms with Gasteiger partial charge in [0, 0.05) is 29.4 Å². The van der Waals surface area contributed by atoms with Gasteiger partial charge in [-0.1, -0.05) is 31.2 Å². The Morgan fingerprint density at radius 1 is 1.04 bits per heavy atom. The van der Waals surface area contributed by atoms with Gasteiger partial charge in [-0.3, -0.25) is 9.59 Å². The van der Waals surface area contributed by atoms with Crippen molar-refractivity contribution in [1.29, 1.82) is 0 Å². The van der Waals surface area contributed by atoms with E-state index in [2.05, 4.69) is 22.9 Å². The van der Waals surface area contributed by atoms with Gasteiger partial charge < -0.3 is 16.0 Å². The second-order valence-electron chi connectivity index (χ2n) is 6.90. The zero-order valence-corrected chi connectivity index (χ0v) is 16.4. The third-order valence-corrected chi connectivity index (χ3v) is 4.93. The summed E-state index contributed by atoms with van der Waals surface area (Å²) in [4.78, 5) is 25.0. The summed E-state index contributed by atoms with van der Waals surface area (Å²) in [7, 11) is 0. The number of anilines is 1. The molecular weight excluding hydrogens is 362 g/mol. The Morgan fingerprint density at radius 2 is 1.78 bits per heavy atom. The molecule has 1 aliphatic heterocycles. The second kappa shape index (κ2) is 9.53. The summed E-state index contributed by atoms with van der Waals surface area (Å²) in [5, 5.41) is 9.32. The van der Waals surface area contributed by atoms with E-state index >= 15 is 0 Å². The molecule has 2 aromatic rings. The normalized spacial score (nSPS) is 18.9. The Labute approximate surface area is 166 Å². The number of rotatable bonds is 4. The molecule has 0 aromatic heterocycles. The van der Waals surface area contributed by atoms with Gasteiger partial charge in [-0.05, 0) is 55.6 Å². The van der Waals surface area contributed by atoms with Crippen LogP contribution in [0.25, 0.3) is 0 Å². The molecule has 3 rings (SSSR count). The van der Waals surface area contributed by atoms with Gasteiger partial charge in [0.2, 0.25) is 0 Å². The predicted molar refractivity (Wildman–Crippen MR) is 111 cm³/mol. The molecule has 1 heterocycles. The number of hydrogen-bond donors (Lipinski definition) is 3. The summed E-state index contributed by atoms with van der Waals surface area (Å²) in [6, 6.07) is 14.6. The fourth-order valence-corrected chi connectivity index (χ4v) is 3.12. The van der Waals surface area contributed by atoms with Crippen molar-refractivity contribution in [3.63, 3.8) is 0 Å². The van der Waals surface area contributed by atoms with Crippen molar-refractivity contribution in [3.05, 3.63) is 65.2 Å². The number of piperidine rings is 1. The molecule has 0 bridgehead atoms. The molecule has 2 unspecified atom stereocenters. The van der Waals surface area contributed by atoms with Crippen molar-refractivity contribution < 1.29 is 9.59 Å². The second-order valence-corrected chi connectivity index (χ2v) is 6.90. The topological polar surface area (TPSA) is 70.2 Å². The van der Waals surface area contributed by atoms with Crippen LogP contribution < -0.4 is 16.0 Å². The van der Waals surface area contributed by atoms with Crippen molar-refractivity contribution in [1.82, 2.24) is 10.6 Å². The van der Waals surface area contributed by atoms with E-state index in [1.165, 1.54) is 0 Å². The van der Waals surface area contributed by atoms with E-state index in [9.17, 15) is 9.59 Å². The number of amides is 2. The number of aryl methyl sites for hydroxylation is 1. The van der Waals surface area contributed by atoms with Gasteiger partial charge in [0.05, 0.1) is 0 Å². The summed E-state index contributed by atoms with van der Waals surface area (Å²) in [6.45, 7) is 5.85. The maximum atomic E-state index is 12.6. The van der Waals surface area contributed by atoms with E-state index in [-0.39, 0.29) is 30.3 Å². The smallest absolute Gasteiger partial charge is 0.255 e. The van der Waals surface area contributed by atoms with E-state index < -0.39 is 0 Å². The number of halogens is 1. The van der Waals surface area contributed by atoms with Crippen molar-refractivity contribution in [2.45, 2.75) is 26.3 Å². The highest BCUT2D eigenvalue weighted by molar-refractivity contribution is 6.05. The molecule has 27 heavy (non-hydrogen) atoms. The van der Waals surface area contributed by atoms with E-state index in [1.807, 2.05) is 31.2 Å². The quantitative estimate of drug-likeness (QED) is 0.753. The Hall–Kier alpha value is -2.37. The number of hydrogen-bond acceptors (Lipinski definition) is 3. The highest BCUT2D eigenvalue weighted by atomic mass is 35.5. The third kappa shape index (κ3) is 5.31. The maximum absolute atomic E-state index is 12.6. The van der Waals surface area contributed by atoms with Gasteiger partial charge in [-0.15, -0.1) is 12.4 Å². The molecule has 6 heteroatoms. The Balaban J connectivity index is 0.00000261. The first kappa shape index (κ1) is 20.9. The predicted octanol–water partition coefficient (Wildman–Crippen LogP) is 3.40. The highest BCUT2D eigenvalue weighted by Gasteiger charge is 2.23. The molecule has 144 valence electrons. The molecule has 1 aliphatic rings. The van der Waals surface area contributed by atoms with Crippen LogP contribution in [0.5, 0.6) is 0 Å². The Kier molecular flexibility index (Phi) is 7.39. The van der Waals surface area contributed by atoms with Crippen LogP contribution in [0.3, 0.4) is 0 Å². The van der Waals surface area contributed by atoms with Crippen LogP contribution in [0.2, 0.25) is 0 Å². The molecule has 2 aromatic carbocycles. The largest absolute Gasteiger partial charge is 0.348 e. The number of carbonyl (C=O) groups is 2. The molecule has 1 saturated heterocycles. The summed E-state index contributed by atoms with van der Waals surface area (Å²) < 4.78 is 0. The average molecular weight is 388 g/mol. The molecular formula is C21H26ClN3O2. The number of benzene rings is 2. The molecule has 5 nitrogen and oxygen atoms in total. The average Bonchev–Trinajstić information content (AvgIpc) is 2.66. The van der Waals surface area contributed by atoms with Crippen LogP contribution in [-0.4, -0.2) is 30.9 Å². The van der Waals surface area contributed by atoms with Crippen LogP contribution in [0, 0.1) is 12.8 Å². The molecule has 1 fully saturated rings. The summed E-state index contributed by atoms with van der Waals surface area (Å²) in [5.41, 5.74) is 2.71. The summed E-state index contributed by atoms with van der Waals surface area (Å²) >= 11 is 0. The van der Waals surface area contributed by atoms with Crippen molar-refractivity contribution in [2.24, 2.45) is 5.92 Å². The van der Waals surface area contributed by atoms with Crippen LogP contribution in [0.1, 0.15) is 39.6 Å². The lowest BCUT2D eigenvalue weighted by atomic mass is 9.94. The van der Waals surface area contributed by atoms with Gasteiger partial charge in [-0.25, -0.2) is 0 Å². The van der Waals surface area contributed by atoms with Crippen molar-refractivity contribution >= 4 is 29.9 Å². The fourth-order valence-electron chi connectivity index (χ4n) is 3.12. The minimum absolute atomic E-state index is 0. The molecule has 3 N–H and O–H groups in total. The monoisotopic (exact) mass is 387 g/mol. The number of carbonyl (C=O) groups excluding carboxylic acids is 2. The minimum atomic E-state index is -0.184. The lowest BCUT2D eigenvalue weighted by molar-refractivity contribution is 0.0914. The molecule has 2 atom stereocenters. The highest BCUT2D eigenvalue weighted by Crippen LogP contribution is 2.19. The van der Waals surface area contributed by atoms with Crippen molar-refractivity contribution in [2.75, 3.05) is 18.4 Å².